The first-order valence-corrected chi connectivity index (χ1v) is 7.45. The molecule has 1 N–H and O–H groups in total. The zero-order valence-electron chi connectivity index (χ0n) is 10.5. The lowest BCUT2D eigenvalue weighted by molar-refractivity contribution is -0.125. The van der Waals surface area contributed by atoms with Gasteiger partial charge >= 0.3 is 0 Å². The number of thioether (sulfide) groups is 1. The predicted octanol–water partition coefficient (Wildman–Crippen LogP) is 1.78. The zero-order chi connectivity index (χ0) is 14.5. The number of amides is 3. The Kier molecular flexibility index (Phi) is 5.03. The third kappa shape index (κ3) is 3.52. The maximum absolute atomic E-state index is 11.8. The summed E-state index contributed by atoms with van der Waals surface area (Å²) in [5, 5.41) is 1.57. The highest BCUT2D eigenvalue weighted by Crippen LogP contribution is 2.20. The van der Waals surface area contributed by atoms with Crippen LogP contribution in [0.5, 0.6) is 0 Å². The fraction of sp³-hybridized carbons (Fsp3) is 0.308. The number of hydrogen-bond donors (Lipinski definition) is 1. The molecule has 7 heteroatoms. The van der Waals surface area contributed by atoms with Crippen molar-refractivity contribution in [2.24, 2.45) is 0 Å². The summed E-state index contributed by atoms with van der Waals surface area (Å²) in [4.78, 5) is 35.7. The number of nitrogens with one attached hydrogen (secondary N) is 1. The maximum Gasteiger partial charge on any atom is 0.288 e. The first-order valence-electron chi connectivity index (χ1n) is 6.03. The molecule has 1 heterocycles. The number of nitrogens with zero attached hydrogens (tertiary/aromatic N) is 1. The van der Waals surface area contributed by atoms with Gasteiger partial charge in [0.25, 0.3) is 5.24 Å². The maximum atomic E-state index is 11.8. The van der Waals surface area contributed by atoms with E-state index in [4.69, 9.17) is 11.6 Å². The zero-order valence-corrected chi connectivity index (χ0v) is 12.1. The molecular formula is C13H13ClN2O3S. The van der Waals surface area contributed by atoms with E-state index in [1.54, 1.807) is 24.3 Å². The van der Waals surface area contributed by atoms with Crippen LogP contribution in [0.25, 0.3) is 0 Å². The topological polar surface area (TPSA) is 66.5 Å². The van der Waals surface area contributed by atoms with Crippen LogP contribution in [0.15, 0.2) is 30.3 Å². The highest BCUT2D eigenvalue weighted by Gasteiger charge is 2.29. The number of imide groups is 1. The Morgan fingerprint density at radius 1 is 1.35 bits per heavy atom. The normalized spacial score (nSPS) is 16.4. The van der Waals surface area contributed by atoms with E-state index in [0.717, 1.165) is 16.7 Å². The summed E-state index contributed by atoms with van der Waals surface area (Å²) in [5.41, 5.74) is 0.704. The molecule has 1 aliphatic rings. The van der Waals surface area contributed by atoms with Gasteiger partial charge in [0, 0.05) is 13.1 Å². The van der Waals surface area contributed by atoms with Crippen LogP contribution in [-0.2, 0) is 9.59 Å². The molecule has 1 fully saturated rings. The van der Waals surface area contributed by atoms with Gasteiger partial charge in [0.05, 0.1) is 5.75 Å². The van der Waals surface area contributed by atoms with Crippen molar-refractivity contribution in [1.82, 2.24) is 10.2 Å². The molecule has 1 aromatic carbocycles. The molecule has 20 heavy (non-hydrogen) atoms. The van der Waals surface area contributed by atoms with Gasteiger partial charge in [-0.05, 0) is 5.56 Å². The van der Waals surface area contributed by atoms with Gasteiger partial charge in [0.15, 0.2) is 0 Å². The average Bonchev–Trinajstić information content (AvgIpc) is 2.79. The number of carbonyl (C=O) groups is 3. The summed E-state index contributed by atoms with van der Waals surface area (Å²) in [7, 11) is 0. The van der Waals surface area contributed by atoms with Crippen LogP contribution in [0.3, 0.4) is 0 Å². The number of halogens is 1. The molecular weight excluding hydrogens is 300 g/mol. The van der Waals surface area contributed by atoms with Gasteiger partial charge in [-0.3, -0.25) is 19.3 Å². The Morgan fingerprint density at radius 2 is 2.05 bits per heavy atom. The van der Waals surface area contributed by atoms with E-state index in [-0.39, 0.29) is 35.9 Å². The van der Waals surface area contributed by atoms with Crippen molar-refractivity contribution >= 4 is 40.4 Å². The Bertz CT molecular complexity index is 508. The van der Waals surface area contributed by atoms with E-state index in [1.807, 2.05) is 6.07 Å². The van der Waals surface area contributed by atoms with Crippen LogP contribution in [0.1, 0.15) is 10.9 Å². The smallest absolute Gasteiger partial charge is 0.288 e. The van der Waals surface area contributed by atoms with Gasteiger partial charge in [-0.25, -0.2) is 0 Å². The van der Waals surface area contributed by atoms with Gasteiger partial charge in [-0.2, -0.15) is 0 Å². The fourth-order valence-corrected chi connectivity index (χ4v) is 2.73. The second-order valence-corrected chi connectivity index (χ2v) is 5.53. The molecule has 3 amide bonds. The molecule has 0 saturated carbocycles. The van der Waals surface area contributed by atoms with Gasteiger partial charge in [0.1, 0.15) is 5.38 Å². The number of rotatable bonds is 5. The monoisotopic (exact) mass is 312 g/mol. The van der Waals surface area contributed by atoms with Gasteiger partial charge in [-0.15, -0.1) is 11.6 Å². The number of benzene rings is 1. The fourth-order valence-electron chi connectivity index (χ4n) is 1.75. The van der Waals surface area contributed by atoms with Crippen molar-refractivity contribution < 1.29 is 14.4 Å². The third-order valence-electron chi connectivity index (χ3n) is 2.80. The Morgan fingerprint density at radius 3 is 2.65 bits per heavy atom. The molecule has 0 aliphatic carbocycles. The summed E-state index contributed by atoms with van der Waals surface area (Å²) in [6.07, 6.45) is 0. The standard InChI is InChI=1S/C13H13ClN2O3S/c14-11(9-4-2-1-3-5-9)12(18)15-6-7-16-10(17)8-20-13(16)19/h1-5,11H,6-8H2,(H,15,18). The highest BCUT2D eigenvalue weighted by atomic mass is 35.5. The Labute approximate surface area is 125 Å². The van der Waals surface area contributed by atoms with E-state index in [0.29, 0.717) is 5.56 Å². The molecule has 1 atom stereocenters. The average molecular weight is 313 g/mol. The van der Waals surface area contributed by atoms with E-state index in [1.165, 1.54) is 0 Å². The number of carbonyl (C=O) groups excluding carboxylic acids is 3. The number of alkyl halides is 1. The van der Waals surface area contributed by atoms with Crippen LogP contribution in [0, 0.1) is 0 Å². The molecule has 1 saturated heterocycles. The first-order chi connectivity index (χ1) is 9.59. The lowest BCUT2D eigenvalue weighted by Gasteiger charge is -2.14. The molecule has 1 unspecified atom stereocenters. The third-order valence-corrected chi connectivity index (χ3v) is 4.11. The molecule has 0 bridgehead atoms. The second kappa shape index (κ2) is 6.76. The molecule has 0 aromatic heterocycles. The van der Waals surface area contributed by atoms with Crippen LogP contribution < -0.4 is 5.32 Å². The Balaban J connectivity index is 1.81. The molecule has 106 valence electrons. The Hall–Kier alpha value is -1.53. The van der Waals surface area contributed by atoms with E-state index >= 15 is 0 Å². The van der Waals surface area contributed by atoms with Crippen molar-refractivity contribution in [2.75, 3.05) is 18.8 Å². The van der Waals surface area contributed by atoms with Crippen molar-refractivity contribution in [1.29, 1.82) is 0 Å². The molecule has 0 spiro atoms. The predicted molar refractivity (Wildman–Crippen MR) is 77.6 cm³/mol. The van der Waals surface area contributed by atoms with E-state index < -0.39 is 5.38 Å². The van der Waals surface area contributed by atoms with Gasteiger partial charge in [0.2, 0.25) is 11.8 Å². The lowest BCUT2D eigenvalue weighted by atomic mass is 10.1. The summed E-state index contributed by atoms with van der Waals surface area (Å²) < 4.78 is 0. The van der Waals surface area contributed by atoms with Crippen molar-refractivity contribution in [3.8, 4) is 0 Å². The van der Waals surface area contributed by atoms with Crippen LogP contribution in [-0.4, -0.2) is 40.8 Å². The van der Waals surface area contributed by atoms with Crippen molar-refractivity contribution in [3.05, 3.63) is 35.9 Å². The molecule has 1 aliphatic heterocycles. The van der Waals surface area contributed by atoms with Crippen molar-refractivity contribution in [3.63, 3.8) is 0 Å². The largest absolute Gasteiger partial charge is 0.353 e. The summed E-state index contributed by atoms with van der Waals surface area (Å²) in [5.74, 6) is -0.390. The molecule has 5 nitrogen and oxygen atoms in total. The van der Waals surface area contributed by atoms with E-state index in [2.05, 4.69) is 5.32 Å². The summed E-state index contributed by atoms with van der Waals surface area (Å²) in [6, 6.07) is 8.98. The first kappa shape index (κ1) is 14.9. The highest BCUT2D eigenvalue weighted by molar-refractivity contribution is 8.14. The second-order valence-electron chi connectivity index (χ2n) is 4.16. The number of hydrogen-bond acceptors (Lipinski definition) is 4. The summed E-state index contributed by atoms with van der Waals surface area (Å²) in [6.45, 7) is 0.377. The molecule has 1 aromatic rings. The summed E-state index contributed by atoms with van der Waals surface area (Å²) >= 11 is 7.02. The quantitative estimate of drug-likeness (QED) is 0.842. The van der Waals surface area contributed by atoms with Crippen LogP contribution in [0.4, 0.5) is 4.79 Å². The van der Waals surface area contributed by atoms with Crippen LogP contribution in [0.2, 0.25) is 0 Å². The van der Waals surface area contributed by atoms with Crippen molar-refractivity contribution in [2.45, 2.75) is 5.38 Å². The minimum absolute atomic E-state index is 0.175. The van der Waals surface area contributed by atoms with Crippen LogP contribution >= 0.6 is 23.4 Å². The SMILES string of the molecule is O=C(NCCN1C(=O)CSC1=O)C(Cl)c1ccccc1. The lowest BCUT2D eigenvalue weighted by Crippen LogP contribution is -2.38. The minimum Gasteiger partial charge on any atom is -0.353 e. The van der Waals surface area contributed by atoms with Gasteiger partial charge in [-0.1, -0.05) is 42.1 Å². The van der Waals surface area contributed by atoms with E-state index in [9.17, 15) is 14.4 Å². The molecule has 0 radical (unpaired) electrons. The van der Waals surface area contributed by atoms with Gasteiger partial charge < -0.3 is 5.32 Å². The minimum atomic E-state index is -0.782. The molecule has 2 rings (SSSR count).